The van der Waals surface area contributed by atoms with Gasteiger partial charge >= 0.3 is 0 Å². The first-order valence-corrected chi connectivity index (χ1v) is 8.52. The highest BCUT2D eigenvalue weighted by molar-refractivity contribution is 7.89. The van der Waals surface area contributed by atoms with Crippen LogP contribution < -0.4 is 5.73 Å². The third-order valence-corrected chi connectivity index (χ3v) is 5.95. The van der Waals surface area contributed by atoms with E-state index < -0.39 is 10.0 Å². The van der Waals surface area contributed by atoms with Crippen LogP contribution in [-0.2, 0) is 10.0 Å². The van der Waals surface area contributed by atoms with E-state index in [-0.39, 0.29) is 16.6 Å². The van der Waals surface area contributed by atoms with Crippen molar-refractivity contribution in [3.63, 3.8) is 0 Å². The van der Waals surface area contributed by atoms with Gasteiger partial charge in [-0.2, -0.15) is 4.31 Å². The Hall–Kier alpha value is -1.50. The number of sulfonamides is 1. The van der Waals surface area contributed by atoms with Crippen LogP contribution in [0.15, 0.2) is 41.4 Å². The van der Waals surface area contributed by atoms with E-state index in [9.17, 15) is 8.42 Å². The van der Waals surface area contributed by atoms with Crippen LogP contribution in [0, 0.1) is 0 Å². The van der Waals surface area contributed by atoms with Crippen molar-refractivity contribution in [1.82, 2.24) is 9.29 Å². The van der Waals surface area contributed by atoms with Crippen LogP contribution in [0.4, 0.5) is 5.69 Å². The summed E-state index contributed by atoms with van der Waals surface area (Å²) in [6.45, 7) is 0.484. The molecule has 7 heteroatoms. The molecular weight excluding hydrogens is 310 g/mol. The van der Waals surface area contributed by atoms with Gasteiger partial charge in [-0.15, -0.1) is 0 Å². The molecule has 1 atom stereocenters. The molecule has 1 aliphatic rings. The number of hydrogen-bond acceptors (Lipinski definition) is 3. The van der Waals surface area contributed by atoms with E-state index in [1.54, 1.807) is 12.3 Å². The lowest BCUT2D eigenvalue weighted by Crippen LogP contribution is -2.31. The number of rotatable bonds is 3. The molecule has 0 amide bonds. The standard InChI is InChI=1S/C14H16ClN3O2S/c15-10-5-6-11(16)14(9-10)21(19,20)18-8-2-4-13(18)12-3-1-7-17-12/h1,3,5-7,9,13,17H,2,4,8,16H2. The van der Waals surface area contributed by atoms with Gasteiger partial charge in [-0.05, 0) is 43.2 Å². The van der Waals surface area contributed by atoms with Gasteiger partial charge in [-0.3, -0.25) is 0 Å². The van der Waals surface area contributed by atoms with E-state index in [0.717, 1.165) is 18.5 Å². The van der Waals surface area contributed by atoms with Crippen molar-refractivity contribution in [2.75, 3.05) is 12.3 Å². The molecule has 3 N–H and O–H groups in total. The van der Waals surface area contributed by atoms with Crippen LogP contribution in [0.1, 0.15) is 24.6 Å². The van der Waals surface area contributed by atoms with Crippen molar-refractivity contribution >= 4 is 27.3 Å². The highest BCUT2D eigenvalue weighted by Crippen LogP contribution is 2.37. The molecule has 2 heterocycles. The van der Waals surface area contributed by atoms with Gasteiger partial charge in [0.15, 0.2) is 0 Å². The Bertz CT molecular complexity index is 744. The van der Waals surface area contributed by atoms with Crippen molar-refractivity contribution in [2.24, 2.45) is 0 Å². The molecule has 5 nitrogen and oxygen atoms in total. The third-order valence-electron chi connectivity index (χ3n) is 3.75. The van der Waals surface area contributed by atoms with Crippen molar-refractivity contribution in [1.29, 1.82) is 0 Å². The fraction of sp³-hybridized carbons (Fsp3) is 0.286. The van der Waals surface area contributed by atoms with Gasteiger partial charge in [0.1, 0.15) is 4.90 Å². The number of benzene rings is 1. The molecule has 0 bridgehead atoms. The average molecular weight is 326 g/mol. The highest BCUT2D eigenvalue weighted by Gasteiger charge is 2.37. The minimum absolute atomic E-state index is 0.0773. The number of anilines is 1. The second kappa shape index (κ2) is 5.36. The van der Waals surface area contributed by atoms with E-state index in [1.807, 2.05) is 12.1 Å². The molecule has 2 aromatic rings. The minimum Gasteiger partial charge on any atom is -0.398 e. The number of hydrogen-bond donors (Lipinski definition) is 2. The number of halogens is 1. The quantitative estimate of drug-likeness (QED) is 0.852. The summed E-state index contributed by atoms with van der Waals surface area (Å²) in [6.07, 6.45) is 3.41. The van der Waals surface area contributed by atoms with E-state index in [1.165, 1.54) is 16.4 Å². The summed E-state index contributed by atoms with van der Waals surface area (Å²) in [6, 6.07) is 8.11. The van der Waals surface area contributed by atoms with Crippen LogP contribution in [0.2, 0.25) is 5.02 Å². The zero-order chi connectivity index (χ0) is 15.0. The summed E-state index contributed by atoms with van der Waals surface area (Å²) >= 11 is 5.92. The van der Waals surface area contributed by atoms with Gasteiger partial charge in [0.2, 0.25) is 10.0 Å². The average Bonchev–Trinajstić information content (AvgIpc) is 3.10. The molecule has 0 saturated carbocycles. The van der Waals surface area contributed by atoms with Gasteiger partial charge in [0.25, 0.3) is 0 Å². The summed E-state index contributed by atoms with van der Waals surface area (Å²) in [5.41, 5.74) is 6.95. The fourth-order valence-corrected chi connectivity index (χ4v) is 4.80. The SMILES string of the molecule is Nc1ccc(Cl)cc1S(=O)(=O)N1CCCC1c1ccc[nH]1. The topological polar surface area (TPSA) is 79.2 Å². The lowest BCUT2D eigenvalue weighted by atomic mass is 10.2. The van der Waals surface area contributed by atoms with Crippen LogP contribution >= 0.6 is 11.6 Å². The zero-order valence-electron chi connectivity index (χ0n) is 11.3. The van der Waals surface area contributed by atoms with Gasteiger partial charge < -0.3 is 10.7 Å². The lowest BCUT2D eigenvalue weighted by Gasteiger charge is -2.24. The van der Waals surface area contributed by atoms with E-state index >= 15 is 0 Å². The predicted octanol–water partition coefficient (Wildman–Crippen LogP) is 2.78. The number of nitrogens with zero attached hydrogens (tertiary/aromatic N) is 1. The van der Waals surface area contributed by atoms with Gasteiger partial charge in [-0.1, -0.05) is 11.6 Å². The summed E-state index contributed by atoms with van der Waals surface area (Å²) < 4.78 is 27.3. The molecule has 1 aliphatic heterocycles. The second-order valence-electron chi connectivity index (χ2n) is 5.08. The number of aromatic amines is 1. The molecule has 1 fully saturated rings. The largest absolute Gasteiger partial charge is 0.398 e. The van der Waals surface area contributed by atoms with Crippen LogP contribution in [0.5, 0.6) is 0 Å². The Morgan fingerprint density at radius 2 is 2.14 bits per heavy atom. The van der Waals surface area contributed by atoms with Crippen molar-refractivity contribution in [3.8, 4) is 0 Å². The van der Waals surface area contributed by atoms with Crippen molar-refractivity contribution in [2.45, 2.75) is 23.8 Å². The monoisotopic (exact) mass is 325 g/mol. The van der Waals surface area contributed by atoms with E-state index in [0.29, 0.717) is 11.6 Å². The molecule has 0 aliphatic carbocycles. The molecule has 21 heavy (non-hydrogen) atoms. The zero-order valence-corrected chi connectivity index (χ0v) is 12.9. The van der Waals surface area contributed by atoms with Crippen LogP contribution in [0.25, 0.3) is 0 Å². The first kappa shape index (κ1) is 14.4. The number of nitrogens with one attached hydrogen (secondary N) is 1. The van der Waals surface area contributed by atoms with Gasteiger partial charge in [-0.25, -0.2) is 8.42 Å². The summed E-state index contributed by atoms with van der Waals surface area (Å²) in [5, 5.41) is 0.360. The first-order valence-electron chi connectivity index (χ1n) is 6.70. The van der Waals surface area contributed by atoms with E-state index in [2.05, 4.69) is 4.98 Å². The van der Waals surface area contributed by atoms with E-state index in [4.69, 9.17) is 17.3 Å². The third kappa shape index (κ3) is 2.54. The molecule has 0 radical (unpaired) electrons. The summed E-state index contributed by atoms with van der Waals surface area (Å²) in [5.74, 6) is 0. The van der Waals surface area contributed by atoms with Crippen LogP contribution in [0.3, 0.4) is 0 Å². The fourth-order valence-electron chi connectivity index (χ4n) is 2.75. The number of aromatic nitrogens is 1. The molecule has 3 rings (SSSR count). The Labute approximate surface area is 128 Å². The molecule has 0 spiro atoms. The highest BCUT2D eigenvalue weighted by atomic mass is 35.5. The van der Waals surface area contributed by atoms with Gasteiger partial charge in [0, 0.05) is 23.5 Å². The Morgan fingerprint density at radius 1 is 1.33 bits per heavy atom. The molecule has 1 aromatic heterocycles. The molecular formula is C14H16ClN3O2S. The lowest BCUT2D eigenvalue weighted by molar-refractivity contribution is 0.392. The molecule has 1 aromatic carbocycles. The number of H-pyrrole nitrogens is 1. The predicted molar refractivity (Wildman–Crippen MR) is 82.5 cm³/mol. The normalized spacial score (nSPS) is 20.0. The Kier molecular flexibility index (Phi) is 3.69. The minimum atomic E-state index is -3.66. The second-order valence-corrected chi connectivity index (χ2v) is 7.38. The maximum Gasteiger partial charge on any atom is 0.245 e. The Balaban J connectivity index is 2.03. The number of nitrogen functional groups attached to an aromatic ring is 1. The molecule has 112 valence electrons. The van der Waals surface area contributed by atoms with Crippen LogP contribution in [-0.4, -0.2) is 24.3 Å². The first-order chi connectivity index (χ1) is 10.00. The van der Waals surface area contributed by atoms with Crippen molar-refractivity contribution < 1.29 is 8.42 Å². The maximum absolute atomic E-state index is 12.9. The van der Waals surface area contributed by atoms with Crippen molar-refractivity contribution in [3.05, 3.63) is 47.2 Å². The molecule has 1 unspecified atom stereocenters. The maximum atomic E-state index is 12.9. The summed E-state index contributed by atoms with van der Waals surface area (Å²) in [7, 11) is -3.66. The Morgan fingerprint density at radius 3 is 2.86 bits per heavy atom. The number of nitrogens with two attached hydrogens (primary N) is 1. The molecule has 1 saturated heterocycles. The summed E-state index contributed by atoms with van der Waals surface area (Å²) in [4.78, 5) is 3.17. The smallest absolute Gasteiger partial charge is 0.245 e. The van der Waals surface area contributed by atoms with Gasteiger partial charge in [0.05, 0.1) is 11.7 Å².